The summed E-state index contributed by atoms with van der Waals surface area (Å²) < 4.78 is 6.48. The van der Waals surface area contributed by atoms with Crippen LogP contribution >= 0.6 is 0 Å². The van der Waals surface area contributed by atoms with Crippen LogP contribution in [0.15, 0.2) is 45.9 Å². The Morgan fingerprint density at radius 3 is 2.85 bits per heavy atom. The fourth-order valence-corrected chi connectivity index (χ4v) is 3.42. The zero-order chi connectivity index (χ0) is 18.8. The minimum absolute atomic E-state index is 0.0340. The van der Waals surface area contributed by atoms with Gasteiger partial charge in [-0.05, 0) is 42.5 Å². The van der Waals surface area contributed by atoms with E-state index in [0.29, 0.717) is 5.58 Å². The van der Waals surface area contributed by atoms with E-state index >= 15 is 0 Å². The van der Waals surface area contributed by atoms with E-state index in [1.165, 1.54) is 17.1 Å². The van der Waals surface area contributed by atoms with E-state index in [2.05, 4.69) is 21.9 Å². The van der Waals surface area contributed by atoms with Gasteiger partial charge in [-0.3, -0.25) is 9.59 Å². The van der Waals surface area contributed by atoms with Crippen molar-refractivity contribution in [3.63, 3.8) is 0 Å². The summed E-state index contributed by atoms with van der Waals surface area (Å²) in [6.07, 6.45) is 3.84. The molecule has 140 valence electrons. The van der Waals surface area contributed by atoms with Crippen LogP contribution < -0.4 is 10.5 Å². The number of ketones is 1. The highest BCUT2D eigenvalue weighted by Crippen LogP contribution is 2.20. The summed E-state index contributed by atoms with van der Waals surface area (Å²) in [5.74, 6) is 1.41. The lowest BCUT2D eigenvalue weighted by Gasteiger charge is -2.31. The molecular weight excluding hydrogens is 344 g/mol. The molecule has 7 heteroatoms. The van der Waals surface area contributed by atoms with Gasteiger partial charge in [0.05, 0.1) is 0 Å². The monoisotopic (exact) mass is 366 g/mol. The highest BCUT2D eigenvalue weighted by molar-refractivity contribution is 5.82. The van der Waals surface area contributed by atoms with Crippen LogP contribution in [-0.4, -0.2) is 33.6 Å². The van der Waals surface area contributed by atoms with E-state index in [1.54, 1.807) is 12.1 Å². The fourth-order valence-electron chi connectivity index (χ4n) is 3.42. The number of nitrogens with zero attached hydrogens (tertiary/aromatic N) is 4. The number of benzene rings is 1. The van der Waals surface area contributed by atoms with Gasteiger partial charge in [-0.15, -0.1) is 0 Å². The molecule has 1 aliphatic rings. The molecule has 0 radical (unpaired) electrons. The number of fused-ring (bicyclic) bond motifs is 1. The van der Waals surface area contributed by atoms with Gasteiger partial charge in [0.25, 0.3) is 5.56 Å². The number of hydrogen-bond acceptors (Lipinski definition) is 6. The minimum atomic E-state index is -0.260. The Kier molecular flexibility index (Phi) is 4.75. The fraction of sp³-hybridized carbons (Fsp3) is 0.400. The number of carbonyl (C=O) groups is 1. The maximum absolute atomic E-state index is 12.5. The Hall–Kier alpha value is -2.96. The summed E-state index contributed by atoms with van der Waals surface area (Å²) in [7, 11) is 0. The summed E-state index contributed by atoms with van der Waals surface area (Å²) in [6.45, 7) is 4.07. The second kappa shape index (κ2) is 7.34. The molecule has 1 fully saturated rings. The predicted octanol–water partition coefficient (Wildman–Crippen LogP) is 2.43. The summed E-state index contributed by atoms with van der Waals surface area (Å²) >= 11 is 0. The second-order valence-electron chi connectivity index (χ2n) is 7.23. The van der Waals surface area contributed by atoms with Crippen molar-refractivity contribution in [3.05, 3.63) is 52.6 Å². The van der Waals surface area contributed by atoms with Gasteiger partial charge in [0.15, 0.2) is 17.8 Å². The number of hydrogen-bond donors (Lipinski definition) is 0. The lowest BCUT2D eigenvalue weighted by atomic mass is 9.99. The van der Waals surface area contributed by atoms with E-state index < -0.39 is 0 Å². The third-order valence-electron chi connectivity index (χ3n) is 5.08. The third kappa shape index (κ3) is 3.92. The Morgan fingerprint density at radius 2 is 2.04 bits per heavy atom. The number of anilines is 1. The van der Waals surface area contributed by atoms with Crippen LogP contribution in [0.4, 0.5) is 5.82 Å². The van der Waals surface area contributed by atoms with Gasteiger partial charge in [0.1, 0.15) is 17.9 Å². The summed E-state index contributed by atoms with van der Waals surface area (Å²) in [6, 6.07) is 8.71. The van der Waals surface area contributed by atoms with Gasteiger partial charge in [-0.2, -0.15) is 5.10 Å². The molecule has 1 saturated heterocycles. The molecule has 4 rings (SSSR count). The lowest BCUT2D eigenvalue weighted by molar-refractivity contribution is -0.119. The molecule has 7 nitrogen and oxygen atoms in total. The molecule has 0 unspecified atom stereocenters. The SMILES string of the molecule is CC1CCN(c2ccc(=O)n(CC(=O)Cc3ccc4ocnc4c3)n2)CC1. The van der Waals surface area contributed by atoms with Crippen molar-refractivity contribution in [1.29, 1.82) is 0 Å². The molecule has 0 saturated carbocycles. The zero-order valence-electron chi connectivity index (χ0n) is 15.3. The van der Waals surface area contributed by atoms with Gasteiger partial charge in [0, 0.05) is 25.6 Å². The minimum Gasteiger partial charge on any atom is -0.443 e. The topological polar surface area (TPSA) is 81.2 Å². The van der Waals surface area contributed by atoms with Crippen LogP contribution in [0, 0.1) is 5.92 Å². The molecule has 0 atom stereocenters. The first-order valence-electron chi connectivity index (χ1n) is 9.25. The molecule has 0 spiro atoms. The molecule has 1 aromatic carbocycles. The number of piperidine rings is 1. The largest absolute Gasteiger partial charge is 0.443 e. The molecule has 3 heterocycles. The Labute approximate surface area is 156 Å². The molecule has 0 N–H and O–H groups in total. The van der Waals surface area contributed by atoms with Crippen molar-refractivity contribution >= 4 is 22.7 Å². The number of Topliss-reactive ketones (excluding diaryl/α,β-unsaturated/α-hetero) is 1. The summed E-state index contributed by atoms with van der Waals surface area (Å²) in [5, 5.41) is 4.43. The first-order chi connectivity index (χ1) is 13.1. The number of oxazole rings is 1. The molecule has 0 bridgehead atoms. The normalized spacial score (nSPS) is 15.4. The van der Waals surface area contributed by atoms with Gasteiger partial charge in [-0.25, -0.2) is 9.67 Å². The van der Waals surface area contributed by atoms with Crippen molar-refractivity contribution in [2.24, 2.45) is 5.92 Å². The maximum Gasteiger partial charge on any atom is 0.267 e. The van der Waals surface area contributed by atoms with Crippen molar-refractivity contribution in [1.82, 2.24) is 14.8 Å². The average molecular weight is 366 g/mol. The standard InChI is InChI=1S/C20H22N4O3/c1-14-6-8-23(9-7-14)19-4-5-20(26)24(22-19)12-16(25)10-15-2-3-18-17(11-15)21-13-27-18/h2-5,11,13-14H,6-10,12H2,1H3. The zero-order valence-corrected chi connectivity index (χ0v) is 15.3. The molecule has 1 aliphatic heterocycles. The van der Waals surface area contributed by atoms with Gasteiger partial charge >= 0.3 is 0 Å². The van der Waals surface area contributed by atoms with Crippen molar-refractivity contribution in [2.75, 3.05) is 18.0 Å². The number of rotatable bonds is 5. The quantitative estimate of drug-likeness (QED) is 0.690. The Balaban J connectivity index is 1.47. The molecular formula is C20H22N4O3. The smallest absolute Gasteiger partial charge is 0.267 e. The summed E-state index contributed by atoms with van der Waals surface area (Å²) in [5.41, 5.74) is 1.99. The average Bonchev–Trinajstić information content (AvgIpc) is 3.12. The van der Waals surface area contributed by atoms with Crippen LogP contribution in [-0.2, 0) is 17.8 Å². The van der Waals surface area contributed by atoms with Crippen LogP contribution in [0.3, 0.4) is 0 Å². The van der Waals surface area contributed by atoms with Crippen LogP contribution in [0.2, 0.25) is 0 Å². The van der Waals surface area contributed by atoms with Crippen LogP contribution in [0.1, 0.15) is 25.3 Å². The highest BCUT2D eigenvalue weighted by Gasteiger charge is 2.18. The maximum atomic E-state index is 12.5. The molecule has 3 aromatic rings. The molecule has 0 amide bonds. The van der Waals surface area contributed by atoms with E-state index in [4.69, 9.17) is 4.42 Å². The molecule has 27 heavy (non-hydrogen) atoms. The van der Waals surface area contributed by atoms with E-state index in [9.17, 15) is 9.59 Å². The number of aromatic nitrogens is 3. The van der Waals surface area contributed by atoms with E-state index in [0.717, 1.165) is 48.7 Å². The summed E-state index contributed by atoms with van der Waals surface area (Å²) in [4.78, 5) is 30.9. The molecule has 2 aromatic heterocycles. The second-order valence-corrected chi connectivity index (χ2v) is 7.23. The van der Waals surface area contributed by atoms with Crippen molar-refractivity contribution in [3.8, 4) is 0 Å². The van der Waals surface area contributed by atoms with Crippen molar-refractivity contribution in [2.45, 2.75) is 32.7 Å². The lowest BCUT2D eigenvalue weighted by Crippen LogP contribution is -2.36. The third-order valence-corrected chi connectivity index (χ3v) is 5.08. The van der Waals surface area contributed by atoms with Gasteiger partial charge in [0.2, 0.25) is 0 Å². The highest BCUT2D eigenvalue weighted by atomic mass is 16.3. The van der Waals surface area contributed by atoms with Crippen LogP contribution in [0.5, 0.6) is 0 Å². The van der Waals surface area contributed by atoms with Gasteiger partial charge in [-0.1, -0.05) is 13.0 Å². The Bertz CT molecular complexity index is 1020. The van der Waals surface area contributed by atoms with E-state index in [1.807, 2.05) is 12.1 Å². The van der Waals surface area contributed by atoms with Crippen LogP contribution in [0.25, 0.3) is 11.1 Å². The molecule has 0 aliphatic carbocycles. The van der Waals surface area contributed by atoms with Crippen molar-refractivity contribution < 1.29 is 9.21 Å². The first kappa shape index (κ1) is 17.5. The van der Waals surface area contributed by atoms with Gasteiger partial charge < -0.3 is 9.32 Å². The van der Waals surface area contributed by atoms with E-state index in [-0.39, 0.29) is 24.3 Å². The first-order valence-corrected chi connectivity index (χ1v) is 9.25. The predicted molar refractivity (Wildman–Crippen MR) is 102 cm³/mol. The number of carbonyl (C=O) groups excluding carboxylic acids is 1. The Morgan fingerprint density at radius 1 is 1.22 bits per heavy atom.